The number of hydrogen-bond acceptors (Lipinski definition) is 5. The highest BCUT2D eigenvalue weighted by atomic mass is 79.9. The number of benzene rings is 2. The molecule has 0 atom stereocenters. The van der Waals surface area contributed by atoms with Crippen LogP contribution in [-0.4, -0.2) is 46.8 Å². The maximum atomic E-state index is 13.4. The number of rotatable bonds is 6. The summed E-state index contributed by atoms with van der Waals surface area (Å²) in [7, 11) is 16.1. The smallest absolute Gasteiger partial charge is 0.512 e. The maximum Gasteiger partial charge on any atom is 0.573 e. The molecule has 0 aliphatic carbocycles. The predicted molar refractivity (Wildman–Crippen MR) is 118 cm³/mol. The molecule has 35 heavy (non-hydrogen) atoms. The zero-order valence-corrected chi connectivity index (χ0v) is 19.9. The fourth-order valence-electron chi connectivity index (χ4n) is 2.54. The Hall–Kier alpha value is -2.44. The molecule has 2 rings (SSSR count). The largest absolute Gasteiger partial charge is 0.573 e. The molecule has 0 aliphatic heterocycles. The first kappa shape index (κ1) is 28.8. The van der Waals surface area contributed by atoms with Gasteiger partial charge in [0, 0.05) is 10.5 Å². The summed E-state index contributed by atoms with van der Waals surface area (Å²) in [5, 5.41) is -2.40. The van der Waals surface area contributed by atoms with E-state index in [9.17, 15) is 31.1 Å². The molecule has 0 fully saturated rings. The van der Waals surface area contributed by atoms with E-state index >= 15 is 0 Å². The topological polar surface area (TPSA) is 54.0 Å². The van der Waals surface area contributed by atoms with Gasteiger partial charge in [-0.25, -0.2) is 4.79 Å². The van der Waals surface area contributed by atoms with Crippen LogP contribution in [0.4, 0.5) is 26.3 Å². The molecular formula is C20H14B3BrF6O5. The fourth-order valence-corrected chi connectivity index (χ4v) is 3.25. The molecule has 0 unspecified atom stereocenters. The van der Waals surface area contributed by atoms with Crippen molar-refractivity contribution in [3.05, 3.63) is 45.9 Å². The Kier molecular flexibility index (Phi) is 8.15. The van der Waals surface area contributed by atoms with Crippen molar-refractivity contribution < 1.29 is 50.1 Å². The Morgan fingerprint density at radius 3 is 1.91 bits per heavy atom. The van der Waals surface area contributed by atoms with Crippen LogP contribution in [0.5, 0.6) is 23.0 Å². The first-order valence-corrected chi connectivity index (χ1v) is 10.2. The van der Waals surface area contributed by atoms with Crippen LogP contribution in [-0.2, 0) is 10.9 Å². The number of hydrogen-bond donors (Lipinski definition) is 0. The lowest BCUT2D eigenvalue weighted by Crippen LogP contribution is -2.37. The molecule has 2 aromatic rings. The number of esters is 1. The Morgan fingerprint density at radius 2 is 1.43 bits per heavy atom. The summed E-state index contributed by atoms with van der Waals surface area (Å²) in [5.74, 6) is -3.42. The number of ether oxygens (including phenoxy) is 4. The quantitative estimate of drug-likeness (QED) is 0.261. The van der Waals surface area contributed by atoms with Gasteiger partial charge in [-0.3, -0.25) is 0 Å². The van der Waals surface area contributed by atoms with Crippen molar-refractivity contribution in [1.82, 2.24) is 0 Å². The van der Waals surface area contributed by atoms with Gasteiger partial charge < -0.3 is 18.9 Å². The van der Waals surface area contributed by atoms with E-state index < -0.39 is 68.0 Å². The van der Waals surface area contributed by atoms with Gasteiger partial charge in [-0.15, -0.1) is 13.2 Å². The third kappa shape index (κ3) is 8.62. The van der Waals surface area contributed by atoms with Gasteiger partial charge in [0.15, 0.2) is 11.5 Å². The van der Waals surface area contributed by atoms with Crippen LogP contribution in [0, 0.1) is 0 Å². The van der Waals surface area contributed by atoms with Gasteiger partial charge in [0.2, 0.25) is 0 Å². The summed E-state index contributed by atoms with van der Waals surface area (Å²) in [5.41, 5.74) is -2.96. The normalized spacial score (nSPS) is 12.7. The van der Waals surface area contributed by atoms with E-state index in [1.54, 1.807) is 0 Å². The molecule has 0 aliphatic rings. The summed E-state index contributed by atoms with van der Waals surface area (Å²) in [6.07, 6.45) is -9.91. The van der Waals surface area contributed by atoms with Crippen LogP contribution >= 0.6 is 15.9 Å². The molecule has 0 bridgehead atoms. The maximum absolute atomic E-state index is 13.4. The van der Waals surface area contributed by atoms with Gasteiger partial charge in [-0.2, -0.15) is 13.2 Å². The standard InChI is InChI=1S/C20H14B3BrF6O5/c1-17(2,3)35-16(31)14-12(7-5-10(15(14)24)18(25,26)27)32-11-6-4-9(33-20(28,29)30)8-13(11)34-19(21,22)23/h4-8H,1-3H3. The van der Waals surface area contributed by atoms with Crippen LogP contribution in [0.2, 0.25) is 0 Å². The Balaban J connectivity index is 2.64. The van der Waals surface area contributed by atoms with Crippen LogP contribution in [0.25, 0.3) is 0 Å². The second-order valence-corrected chi connectivity index (χ2v) is 8.81. The number of alkyl halides is 6. The van der Waals surface area contributed by atoms with E-state index in [4.69, 9.17) is 37.7 Å². The lowest BCUT2D eigenvalue weighted by atomic mass is 9.52. The molecule has 5 nitrogen and oxygen atoms in total. The van der Waals surface area contributed by atoms with Crippen LogP contribution in [0.3, 0.4) is 0 Å². The molecule has 15 heteroatoms. The van der Waals surface area contributed by atoms with Gasteiger partial charge >= 0.3 is 18.5 Å². The molecule has 0 aromatic heterocycles. The highest BCUT2D eigenvalue weighted by Crippen LogP contribution is 2.44. The molecule has 0 N–H and O–H groups in total. The minimum absolute atomic E-state index is 0.415. The average Bonchev–Trinajstić information content (AvgIpc) is 2.58. The second kappa shape index (κ2) is 9.90. The van der Waals surface area contributed by atoms with E-state index in [2.05, 4.69) is 20.7 Å². The summed E-state index contributed by atoms with van der Waals surface area (Å²) >= 11 is 2.76. The minimum atomic E-state index is -5.06. The zero-order valence-electron chi connectivity index (χ0n) is 18.3. The van der Waals surface area contributed by atoms with Crippen LogP contribution < -0.4 is 14.2 Å². The molecule has 0 saturated carbocycles. The molecule has 6 radical (unpaired) electrons. The molecule has 2 aromatic carbocycles. The number of halogens is 7. The van der Waals surface area contributed by atoms with Crippen LogP contribution in [0.15, 0.2) is 34.8 Å². The molecule has 0 spiro atoms. The summed E-state index contributed by atoms with van der Waals surface area (Å²) in [4.78, 5) is 12.8. The van der Waals surface area contributed by atoms with E-state index in [1.165, 1.54) is 20.8 Å². The van der Waals surface area contributed by atoms with Gasteiger partial charge in [0.1, 0.15) is 46.2 Å². The predicted octanol–water partition coefficient (Wildman–Crippen LogP) is 5.61. The lowest BCUT2D eigenvalue weighted by Gasteiger charge is -2.26. The highest BCUT2D eigenvalue weighted by Gasteiger charge is 2.37. The fraction of sp³-hybridized carbons (Fsp3) is 0.350. The van der Waals surface area contributed by atoms with E-state index in [-0.39, 0.29) is 0 Å². The Labute approximate surface area is 208 Å². The number of carbonyl (C=O) groups is 1. The third-order valence-corrected chi connectivity index (χ3v) is 4.49. The van der Waals surface area contributed by atoms with Crippen molar-refractivity contribution in [2.75, 3.05) is 0 Å². The monoisotopic (exact) mass is 560 g/mol. The first-order valence-electron chi connectivity index (χ1n) is 9.42. The zero-order chi connectivity index (χ0) is 27.0. The first-order chi connectivity index (χ1) is 15.7. The van der Waals surface area contributed by atoms with Crippen molar-refractivity contribution in [1.29, 1.82) is 0 Å². The molecule has 0 saturated heterocycles. The van der Waals surface area contributed by atoms with E-state index in [0.717, 1.165) is 18.2 Å². The van der Waals surface area contributed by atoms with Crippen molar-refractivity contribution >= 4 is 45.4 Å². The van der Waals surface area contributed by atoms with Crippen molar-refractivity contribution in [2.45, 2.75) is 44.2 Å². The van der Waals surface area contributed by atoms with E-state index in [0.29, 0.717) is 12.1 Å². The average molecular weight is 561 g/mol. The van der Waals surface area contributed by atoms with E-state index in [1.807, 2.05) is 0 Å². The van der Waals surface area contributed by atoms with Crippen LogP contribution in [0.1, 0.15) is 36.7 Å². The summed E-state index contributed by atoms with van der Waals surface area (Å²) < 4.78 is 96.9. The molecule has 182 valence electrons. The van der Waals surface area contributed by atoms with Gasteiger partial charge in [0.25, 0.3) is 0 Å². The SMILES string of the molecule is [B]C([B])([B])Oc1cc(OC(F)(F)F)ccc1Oc1ccc(C(F)(F)F)c(Br)c1C(=O)OC(C)(C)C. The van der Waals surface area contributed by atoms with Gasteiger partial charge in [0.05, 0.1) is 5.56 Å². The van der Waals surface area contributed by atoms with Crippen molar-refractivity contribution in [2.24, 2.45) is 0 Å². The van der Waals surface area contributed by atoms with Gasteiger partial charge in [-0.05, 0) is 66.3 Å². The lowest BCUT2D eigenvalue weighted by molar-refractivity contribution is -0.274. The molecular weight excluding hydrogens is 547 g/mol. The summed E-state index contributed by atoms with van der Waals surface area (Å²) in [6, 6.07) is 3.83. The van der Waals surface area contributed by atoms with Crippen molar-refractivity contribution in [3.8, 4) is 23.0 Å². The molecule has 0 amide bonds. The minimum Gasteiger partial charge on any atom is -0.512 e. The number of carbonyl (C=O) groups excluding carboxylic acids is 1. The van der Waals surface area contributed by atoms with Crippen molar-refractivity contribution in [3.63, 3.8) is 0 Å². The Bertz CT molecular complexity index is 1090. The highest BCUT2D eigenvalue weighted by molar-refractivity contribution is 9.10. The Morgan fingerprint density at radius 1 is 0.857 bits per heavy atom. The second-order valence-electron chi connectivity index (χ2n) is 8.01. The third-order valence-electron chi connectivity index (χ3n) is 3.67. The van der Waals surface area contributed by atoms with Gasteiger partial charge in [-0.1, -0.05) is 0 Å². The summed E-state index contributed by atoms with van der Waals surface area (Å²) in [6.45, 7) is 4.46. The molecule has 0 heterocycles.